The molecule has 0 aliphatic carbocycles. The van der Waals surface area contributed by atoms with Gasteiger partial charge >= 0.3 is 0 Å². The zero-order valence-corrected chi connectivity index (χ0v) is 21.8. The molecule has 0 spiro atoms. The Morgan fingerprint density at radius 3 is 2.46 bits per heavy atom. The maximum atomic E-state index is 12.1. The number of nitrogens with zero attached hydrogens (tertiary/aromatic N) is 4. The molecule has 0 saturated carbocycles. The first-order valence-electron chi connectivity index (χ1n) is 12.4. The van der Waals surface area contributed by atoms with E-state index >= 15 is 0 Å². The van der Waals surface area contributed by atoms with Crippen molar-refractivity contribution in [3.63, 3.8) is 0 Å². The highest BCUT2D eigenvalue weighted by atomic mass is 16.5. The average Bonchev–Trinajstić information content (AvgIpc) is 3.26. The Bertz CT molecular complexity index is 1410. The van der Waals surface area contributed by atoms with Gasteiger partial charge in [-0.1, -0.05) is 18.2 Å². The van der Waals surface area contributed by atoms with Crippen LogP contribution in [0.4, 0.5) is 5.69 Å². The number of aromatic nitrogens is 2. The van der Waals surface area contributed by atoms with Crippen LogP contribution < -0.4 is 14.8 Å². The molecular weight excluding hydrogens is 466 g/mol. The molecule has 3 heterocycles. The molecule has 1 aliphatic rings. The molecule has 2 aromatic heterocycles. The number of pyridine rings is 1. The molecule has 1 aliphatic heterocycles. The lowest BCUT2D eigenvalue weighted by molar-refractivity contribution is -0.116. The minimum atomic E-state index is -0.0363. The number of hydrogen-bond donors (Lipinski definition) is 1. The van der Waals surface area contributed by atoms with Crippen LogP contribution in [0.15, 0.2) is 60.8 Å². The first-order valence-corrected chi connectivity index (χ1v) is 12.4. The molecule has 8 heteroatoms. The number of methoxy groups -OCH3 is 2. The number of amides is 1. The number of imidazole rings is 1. The molecule has 0 saturated heterocycles. The largest absolute Gasteiger partial charge is 0.493 e. The van der Waals surface area contributed by atoms with Crippen molar-refractivity contribution in [2.24, 2.45) is 0 Å². The van der Waals surface area contributed by atoms with E-state index in [-0.39, 0.29) is 5.91 Å². The molecule has 1 amide bonds. The molecule has 2 aromatic carbocycles. The van der Waals surface area contributed by atoms with Crippen LogP contribution in [0.5, 0.6) is 11.5 Å². The van der Waals surface area contributed by atoms with E-state index in [0.717, 1.165) is 65.8 Å². The topological polar surface area (TPSA) is 71.3 Å². The SMILES string of the molecule is COc1cc2c(cc1OC)CN(Cc1c(-c3ccc(NC(=O)CN(C)C)cc3)nc3ccccn13)CC2. The van der Waals surface area contributed by atoms with Crippen LogP contribution in [-0.2, 0) is 24.3 Å². The lowest BCUT2D eigenvalue weighted by Gasteiger charge is -2.29. The van der Waals surface area contributed by atoms with E-state index < -0.39 is 0 Å². The van der Waals surface area contributed by atoms with Gasteiger partial charge < -0.3 is 24.1 Å². The maximum absolute atomic E-state index is 12.1. The summed E-state index contributed by atoms with van der Waals surface area (Å²) < 4.78 is 13.2. The zero-order chi connectivity index (χ0) is 25.9. The standard InChI is InChI=1S/C29H33N5O3/c1-32(2)19-28(35)30-23-10-8-20(9-11-23)29-24(34-13-6-5-7-27(34)31-29)18-33-14-12-21-15-25(36-3)26(37-4)16-22(21)17-33/h5-11,13,15-16H,12,14,17-19H2,1-4H3,(H,30,35). The molecule has 192 valence electrons. The minimum Gasteiger partial charge on any atom is -0.493 e. The molecule has 37 heavy (non-hydrogen) atoms. The number of rotatable bonds is 8. The first-order chi connectivity index (χ1) is 17.9. The van der Waals surface area contributed by atoms with Crippen molar-refractivity contribution >= 4 is 17.2 Å². The number of anilines is 1. The van der Waals surface area contributed by atoms with Crippen LogP contribution in [0.2, 0.25) is 0 Å². The van der Waals surface area contributed by atoms with Gasteiger partial charge in [0, 0.05) is 37.1 Å². The smallest absolute Gasteiger partial charge is 0.238 e. The maximum Gasteiger partial charge on any atom is 0.238 e. The molecule has 1 N–H and O–H groups in total. The van der Waals surface area contributed by atoms with Crippen molar-refractivity contribution in [1.29, 1.82) is 0 Å². The van der Waals surface area contributed by atoms with E-state index in [1.807, 2.05) is 61.5 Å². The summed E-state index contributed by atoms with van der Waals surface area (Å²) in [5.41, 5.74) is 7.38. The van der Waals surface area contributed by atoms with Crippen LogP contribution in [0.1, 0.15) is 16.8 Å². The number of benzene rings is 2. The fourth-order valence-electron chi connectivity index (χ4n) is 4.92. The van der Waals surface area contributed by atoms with Crippen molar-refractivity contribution < 1.29 is 14.3 Å². The summed E-state index contributed by atoms with van der Waals surface area (Å²) in [6.45, 7) is 2.87. The molecule has 0 radical (unpaired) electrons. The molecule has 0 fully saturated rings. The van der Waals surface area contributed by atoms with Crippen LogP contribution in [0.3, 0.4) is 0 Å². The van der Waals surface area contributed by atoms with Gasteiger partial charge in [0.15, 0.2) is 11.5 Å². The van der Waals surface area contributed by atoms with Gasteiger partial charge in [-0.05, 0) is 68.0 Å². The summed E-state index contributed by atoms with van der Waals surface area (Å²) >= 11 is 0. The van der Waals surface area contributed by atoms with E-state index in [9.17, 15) is 4.79 Å². The highest BCUT2D eigenvalue weighted by molar-refractivity contribution is 5.92. The van der Waals surface area contributed by atoms with E-state index in [1.165, 1.54) is 11.1 Å². The molecular formula is C29H33N5O3. The van der Waals surface area contributed by atoms with Crippen molar-refractivity contribution in [3.8, 4) is 22.8 Å². The predicted molar refractivity (Wildman–Crippen MR) is 145 cm³/mol. The molecule has 5 rings (SSSR count). The van der Waals surface area contributed by atoms with E-state index in [1.54, 1.807) is 14.2 Å². The third kappa shape index (κ3) is 5.30. The second-order valence-corrected chi connectivity index (χ2v) is 9.64. The average molecular weight is 500 g/mol. The van der Waals surface area contributed by atoms with Gasteiger partial charge in [0.1, 0.15) is 5.65 Å². The number of nitrogens with one attached hydrogen (secondary N) is 1. The lowest BCUT2D eigenvalue weighted by atomic mass is 9.98. The lowest BCUT2D eigenvalue weighted by Crippen LogP contribution is -2.30. The Balaban J connectivity index is 1.41. The second kappa shape index (κ2) is 10.6. The molecule has 0 atom stereocenters. The van der Waals surface area contributed by atoms with Crippen molar-refractivity contribution in [3.05, 3.63) is 77.6 Å². The molecule has 0 bridgehead atoms. The van der Waals surface area contributed by atoms with Crippen molar-refractivity contribution in [1.82, 2.24) is 19.2 Å². The monoisotopic (exact) mass is 499 g/mol. The van der Waals surface area contributed by atoms with Crippen LogP contribution in [0, 0.1) is 0 Å². The second-order valence-electron chi connectivity index (χ2n) is 9.64. The third-order valence-corrected chi connectivity index (χ3v) is 6.70. The number of carbonyl (C=O) groups excluding carboxylic acids is 1. The predicted octanol–water partition coefficient (Wildman–Crippen LogP) is 4.08. The van der Waals surface area contributed by atoms with Gasteiger partial charge in [-0.3, -0.25) is 9.69 Å². The van der Waals surface area contributed by atoms with Gasteiger partial charge in [-0.25, -0.2) is 4.98 Å². The number of fused-ring (bicyclic) bond motifs is 2. The Hall–Kier alpha value is -3.88. The number of hydrogen-bond acceptors (Lipinski definition) is 6. The van der Waals surface area contributed by atoms with Crippen LogP contribution in [-0.4, -0.2) is 66.5 Å². The summed E-state index contributed by atoms with van der Waals surface area (Å²) in [7, 11) is 7.11. The summed E-state index contributed by atoms with van der Waals surface area (Å²) in [5.74, 6) is 1.50. The summed E-state index contributed by atoms with van der Waals surface area (Å²) in [4.78, 5) is 21.4. The summed E-state index contributed by atoms with van der Waals surface area (Å²) in [5, 5.41) is 2.95. The molecule has 0 unspecified atom stereocenters. The van der Waals surface area contributed by atoms with E-state index in [2.05, 4.69) is 32.9 Å². The zero-order valence-electron chi connectivity index (χ0n) is 21.8. The Kier molecular flexibility index (Phi) is 7.12. The number of carbonyl (C=O) groups is 1. The van der Waals surface area contributed by atoms with Crippen LogP contribution >= 0.6 is 0 Å². The highest BCUT2D eigenvalue weighted by Crippen LogP contribution is 2.34. The highest BCUT2D eigenvalue weighted by Gasteiger charge is 2.23. The third-order valence-electron chi connectivity index (χ3n) is 6.70. The van der Waals surface area contributed by atoms with Gasteiger partial charge in [-0.15, -0.1) is 0 Å². The normalized spacial score (nSPS) is 13.5. The quantitative estimate of drug-likeness (QED) is 0.394. The van der Waals surface area contributed by atoms with E-state index in [0.29, 0.717) is 6.54 Å². The Morgan fingerprint density at radius 2 is 1.76 bits per heavy atom. The number of ether oxygens (including phenoxy) is 2. The first kappa shape index (κ1) is 24.8. The van der Waals surface area contributed by atoms with Crippen LogP contribution in [0.25, 0.3) is 16.9 Å². The van der Waals surface area contributed by atoms with Gasteiger partial charge in [-0.2, -0.15) is 0 Å². The molecule has 4 aromatic rings. The fraction of sp³-hybridized carbons (Fsp3) is 0.310. The van der Waals surface area contributed by atoms with Gasteiger partial charge in [0.2, 0.25) is 5.91 Å². The van der Waals surface area contributed by atoms with Crippen molar-refractivity contribution in [2.45, 2.75) is 19.5 Å². The number of likely N-dealkylation sites (N-methyl/N-ethyl adjacent to an activating group) is 1. The van der Waals surface area contributed by atoms with Gasteiger partial charge in [0.05, 0.1) is 32.2 Å². The van der Waals surface area contributed by atoms with E-state index in [4.69, 9.17) is 14.5 Å². The summed E-state index contributed by atoms with van der Waals surface area (Å²) in [6, 6.07) is 18.2. The summed E-state index contributed by atoms with van der Waals surface area (Å²) in [6.07, 6.45) is 3.02. The van der Waals surface area contributed by atoms with Crippen molar-refractivity contribution in [2.75, 3.05) is 46.7 Å². The Labute approximate surface area is 217 Å². The fourth-order valence-corrected chi connectivity index (χ4v) is 4.92. The Morgan fingerprint density at radius 1 is 1.03 bits per heavy atom. The van der Waals surface area contributed by atoms with Gasteiger partial charge in [0.25, 0.3) is 0 Å². The molecule has 8 nitrogen and oxygen atoms in total. The minimum absolute atomic E-state index is 0.0363.